The molecule has 5 aromatic carbocycles. The number of hydrogen-bond acceptors (Lipinski definition) is 12. The third-order valence-corrected chi connectivity index (χ3v) is 14.4. The maximum atomic E-state index is 10.9. The van der Waals surface area contributed by atoms with Crippen LogP contribution in [0.5, 0.6) is 11.5 Å². The molecule has 0 spiro atoms. The normalized spacial score (nSPS) is 30.1. The lowest BCUT2D eigenvalue weighted by molar-refractivity contribution is -0.317. The lowest BCUT2D eigenvalue weighted by Crippen LogP contribution is -2.58. The van der Waals surface area contributed by atoms with E-state index in [1.54, 1.807) is 37.7 Å². The van der Waals surface area contributed by atoms with Crippen molar-refractivity contribution < 1.29 is 47.7 Å². The number of fused-ring (bicyclic) bond motifs is 2. The molecule has 1 N–H and O–H groups in total. The average Bonchev–Trinajstić information content (AvgIpc) is 3.34. The second kappa shape index (κ2) is 21.7. The van der Waals surface area contributed by atoms with Crippen molar-refractivity contribution in [3.63, 3.8) is 0 Å². The predicted octanol–water partition coefficient (Wildman–Crippen LogP) is 10.1. The van der Waals surface area contributed by atoms with Gasteiger partial charge >= 0.3 is 0 Å². The van der Waals surface area contributed by atoms with E-state index in [9.17, 15) is 5.11 Å². The summed E-state index contributed by atoms with van der Waals surface area (Å²) in [6.45, 7) is 9.36. The fraction of sp³-hybridized carbons (Fsp3) is 0.373. The molecular formula is C51H56O10S2. The van der Waals surface area contributed by atoms with Crippen LogP contribution in [-0.4, -0.2) is 80.0 Å². The van der Waals surface area contributed by atoms with Gasteiger partial charge in [0, 0.05) is 32.8 Å². The molecule has 4 fully saturated rings. The van der Waals surface area contributed by atoms with E-state index in [-0.39, 0.29) is 47.1 Å². The number of thioether (sulfide) groups is 2. The number of aliphatic hydroxyl groups is 1. The Balaban J connectivity index is 0.000000180. The summed E-state index contributed by atoms with van der Waals surface area (Å²) in [6.07, 6.45) is -0.974. The molecule has 12 heteroatoms. The Morgan fingerprint density at radius 1 is 0.603 bits per heavy atom. The summed E-state index contributed by atoms with van der Waals surface area (Å²) in [6, 6.07) is 44.0. The van der Waals surface area contributed by atoms with E-state index in [0.29, 0.717) is 19.8 Å². The van der Waals surface area contributed by atoms with Crippen molar-refractivity contribution in [3.05, 3.63) is 162 Å². The number of aliphatic hydroxyl groups excluding tert-OH is 1. The molecule has 0 aliphatic carbocycles. The van der Waals surface area contributed by atoms with Crippen LogP contribution in [0.1, 0.15) is 48.7 Å². The van der Waals surface area contributed by atoms with E-state index in [0.717, 1.165) is 43.5 Å². The van der Waals surface area contributed by atoms with Gasteiger partial charge in [-0.05, 0) is 59.7 Å². The Morgan fingerprint density at radius 2 is 1.08 bits per heavy atom. The lowest BCUT2D eigenvalue weighted by atomic mass is 9.92. The SMILES string of the molecule is C=Cc1ccc(CO[C@@H]2C(C)[C@H](Sc3ccc(OC)cc3)OC3COC(c4ccccc4)O[C@@H]32)cc1.COc1ccc(S[C@@H]2OC3COC(c4ccccc4)O[C@@H]3[C@H](O)C2C)cc1. The van der Waals surface area contributed by atoms with E-state index in [1.807, 2.05) is 110 Å². The molecule has 9 rings (SSSR count). The molecule has 4 heterocycles. The molecule has 63 heavy (non-hydrogen) atoms. The lowest BCUT2D eigenvalue weighted by Gasteiger charge is -2.48. The quantitative estimate of drug-likeness (QED) is 0.129. The molecule has 332 valence electrons. The second-order valence-electron chi connectivity index (χ2n) is 16.0. The molecule has 0 amide bonds. The Bertz CT molecular complexity index is 2160. The van der Waals surface area contributed by atoms with Crippen LogP contribution in [0.25, 0.3) is 6.08 Å². The third kappa shape index (κ3) is 11.2. The van der Waals surface area contributed by atoms with Gasteiger partial charge in [0.2, 0.25) is 0 Å². The minimum atomic E-state index is -0.616. The maximum Gasteiger partial charge on any atom is 0.184 e. The van der Waals surface area contributed by atoms with Gasteiger partial charge in [0.15, 0.2) is 12.6 Å². The van der Waals surface area contributed by atoms with E-state index >= 15 is 0 Å². The first-order valence-corrected chi connectivity index (χ1v) is 23.1. The van der Waals surface area contributed by atoms with Crippen molar-refractivity contribution in [1.82, 2.24) is 0 Å². The largest absolute Gasteiger partial charge is 0.497 e. The van der Waals surface area contributed by atoms with Crippen LogP contribution in [-0.2, 0) is 39.8 Å². The maximum absolute atomic E-state index is 10.9. The fourth-order valence-corrected chi connectivity index (χ4v) is 10.3. The zero-order valence-corrected chi connectivity index (χ0v) is 37.6. The summed E-state index contributed by atoms with van der Waals surface area (Å²) in [5, 5.41) is 10.9. The van der Waals surface area contributed by atoms with Gasteiger partial charge in [-0.2, -0.15) is 0 Å². The van der Waals surface area contributed by atoms with Crippen molar-refractivity contribution in [2.24, 2.45) is 11.8 Å². The highest BCUT2D eigenvalue weighted by atomic mass is 32.2. The summed E-state index contributed by atoms with van der Waals surface area (Å²) in [5.74, 6) is 1.66. The van der Waals surface area contributed by atoms with Crippen LogP contribution < -0.4 is 9.47 Å². The number of ether oxygens (including phenoxy) is 9. The van der Waals surface area contributed by atoms with E-state index in [2.05, 4.69) is 49.9 Å². The standard InChI is InChI=1S/C30H32O5S.C21H24O5S/c1-4-21-10-12-22(13-11-21)18-32-27-20(2)30(36-25-16-14-24(31-3)15-17-25)34-26-19-33-29(35-28(26)27)23-8-6-5-7-9-23;1-13-18(22)19-17(12-24-20(26-19)14-6-4-3-5-7-14)25-21(13)27-16-10-8-15(23-2)9-11-16/h4-17,20,26-30H,1,18-19H2,2-3H3;3-11,13,17-22H,12H2,1-2H3/t20?,26?,27-,28+,29?,30+;13?,17?,18-,19+,20?,21+/m11/s1. The van der Waals surface area contributed by atoms with Crippen LogP contribution in [0.4, 0.5) is 0 Å². The summed E-state index contributed by atoms with van der Waals surface area (Å²) in [5.41, 5.74) is 3.88. The van der Waals surface area contributed by atoms with Crippen molar-refractivity contribution in [2.75, 3.05) is 27.4 Å². The molecule has 0 bridgehead atoms. The van der Waals surface area contributed by atoms with Crippen LogP contribution in [0.15, 0.2) is 150 Å². The molecule has 5 aromatic rings. The zero-order chi connectivity index (χ0) is 43.7. The highest BCUT2D eigenvalue weighted by molar-refractivity contribution is 8.00. The van der Waals surface area contributed by atoms with Gasteiger partial charge in [-0.15, -0.1) is 0 Å². The van der Waals surface area contributed by atoms with Gasteiger partial charge in [-0.25, -0.2) is 0 Å². The first-order chi connectivity index (χ1) is 30.8. The highest BCUT2D eigenvalue weighted by Gasteiger charge is 2.50. The fourth-order valence-electron chi connectivity index (χ4n) is 8.03. The van der Waals surface area contributed by atoms with Crippen molar-refractivity contribution in [2.45, 2.75) is 90.3 Å². The van der Waals surface area contributed by atoms with Gasteiger partial charge in [0.25, 0.3) is 0 Å². The first-order valence-electron chi connectivity index (χ1n) is 21.4. The van der Waals surface area contributed by atoms with Crippen LogP contribution >= 0.6 is 23.5 Å². The molecular weight excluding hydrogens is 837 g/mol. The zero-order valence-electron chi connectivity index (χ0n) is 36.0. The van der Waals surface area contributed by atoms with Crippen molar-refractivity contribution in [1.29, 1.82) is 0 Å². The Hall–Kier alpha value is -4.18. The molecule has 4 saturated heterocycles. The number of hydrogen-bond donors (Lipinski definition) is 1. The Morgan fingerprint density at radius 3 is 1.57 bits per heavy atom. The molecule has 12 atom stereocenters. The summed E-state index contributed by atoms with van der Waals surface area (Å²) in [4.78, 5) is 2.18. The van der Waals surface area contributed by atoms with E-state index < -0.39 is 24.8 Å². The third-order valence-electron chi connectivity index (χ3n) is 11.7. The van der Waals surface area contributed by atoms with Crippen molar-refractivity contribution in [3.8, 4) is 11.5 Å². The number of methoxy groups -OCH3 is 2. The summed E-state index contributed by atoms with van der Waals surface area (Å²) < 4.78 is 54.4. The molecule has 0 saturated carbocycles. The molecule has 4 aliphatic rings. The van der Waals surface area contributed by atoms with Crippen LogP contribution in [0.2, 0.25) is 0 Å². The highest BCUT2D eigenvalue weighted by Crippen LogP contribution is 2.44. The summed E-state index contributed by atoms with van der Waals surface area (Å²) in [7, 11) is 3.32. The Kier molecular flexibility index (Phi) is 15.6. The monoisotopic (exact) mass is 892 g/mol. The van der Waals surface area contributed by atoms with Crippen molar-refractivity contribution >= 4 is 29.6 Å². The molecule has 10 nitrogen and oxygen atoms in total. The topological polar surface area (TPSA) is 103 Å². The molecule has 6 unspecified atom stereocenters. The molecule has 0 aromatic heterocycles. The van der Waals surface area contributed by atoms with E-state index in [1.165, 1.54) is 0 Å². The van der Waals surface area contributed by atoms with Gasteiger partial charge < -0.3 is 47.7 Å². The number of rotatable bonds is 12. The van der Waals surface area contributed by atoms with Gasteiger partial charge in [0.05, 0.1) is 46.2 Å². The van der Waals surface area contributed by atoms with Crippen LogP contribution in [0.3, 0.4) is 0 Å². The second-order valence-corrected chi connectivity index (χ2v) is 18.3. The van der Waals surface area contributed by atoms with Gasteiger partial charge in [-0.3, -0.25) is 0 Å². The predicted molar refractivity (Wildman–Crippen MR) is 244 cm³/mol. The minimum absolute atomic E-state index is 0.0760. The van der Waals surface area contributed by atoms with Crippen LogP contribution in [0, 0.1) is 11.8 Å². The molecule has 0 radical (unpaired) electrons. The van der Waals surface area contributed by atoms with E-state index in [4.69, 9.17) is 42.6 Å². The summed E-state index contributed by atoms with van der Waals surface area (Å²) >= 11 is 3.29. The minimum Gasteiger partial charge on any atom is -0.497 e. The average molecular weight is 893 g/mol. The van der Waals surface area contributed by atoms with Gasteiger partial charge in [-0.1, -0.05) is 135 Å². The Labute approximate surface area is 379 Å². The smallest absolute Gasteiger partial charge is 0.184 e. The molecule has 4 aliphatic heterocycles. The first kappa shape index (κ1) is 45.4. The number of benzene rings is 5. The van der Waals surface area contributed by atoms with Gasteiger partial charge in [0.1, 0.15) is 46.8 Å².